The quantitative estimate of drug-likeness (QED) is 0.848. The van der Waals surface area contributed by atoms with E-state index in [1.807, 2.05) is 9.80 Å². The summed E-state index contributed by atoms with van der Waals surface area (Å²) < 4.78 is 0. The number of hydrogen-bond acceptors (Lipinski definition) is 3. The van der Waals surface area contributed by atoms with E-state index >= 15 is 0 Å². The molecule has 2 saturated heterocycles. The molecule has 1 N–H and O–H groups in total. The zero-order valence-electron chi connectivity index (χ0n) is 13.3. The monoisotopic (exact) mass is 329 g/mol. The number of piperidine rings is 1. The number of halogens is 1. The van der Waals surface area contributed by atoms with Gasteiger partial charge in [0.25, 0.3) is 0 Å². The van der Waals surface area contributed by atoms with Crippen LogP contribution in [0, 0.1) is 5.92 Å². The maximum Gasteiger partial charge on any atom is 0.240 e. The molecule has 0 radical (unpaired) electrons. The Labute approximate surface area is 139 Å². The first-order valence-electron chi connectivity index (χ1n) is 8.54. The molecule has 3 aliphatic rings. The maximum atomic E-state index is 12.5. The van der Waals surface area contributed by atoms with Crippen LogP contribution in [0.3, 0.4) is 0 Å². The topological polar surface area (TPSA) is 52.7 Å². The Morgan fingerprint density at radius 3 is 2.45 bits per heavy atom. The lowest BCUT2D eigenvalue weighted by Crippen LogP contribution is -2.57. The number of hydrogen-bond donors (Lipinski definition) is 1. The van der Waals surface area contributed by atoms with Crippen LogP contribution in [0.1, 0.15) is 44.9 Å². The minimum Gasteiger partial charge on any atom is -0.343 e. The predicted octanol–water partition coefficient (Wildman–Crippen LogP) is 1.41. The number of carbonyl (C=O) groups is 2. The number of piperazine rings is 1. The van der Waals surface area contributed by atoms with Crippen LogP contribution in [0.2, 0.25) is 0 Å². The highest BCUT2D eigenvalue weighted by atomic mass is 35.5. The Hall–Kier alpha value is -0.810. The van der Waals surface area contributed by atoms with Gasteiger partial charge in [-0.05, 0) is 38.0 Å². The molecule has 22 heavy (non-hydrogen) atoms. The molecule has 1 aliphatic carbocycles. The van der Waals surface area contributed by atoms with Gasteiger partial charge in [-0.1, -0.05) is 6.42 Å². The highest BCUT2D eigenvalue weighted by molar-refractivity contribution is 5.89. The molecular formula is C16H28ClN3O2. The number of likely N-dealkylation sites (tertiary alicyclic amines) is 1. The molecule has 126 valence electrons. The molecule has 2 heterocycles. The second-order valence-corrected chi connectivity index (χ2v) is 6.73. The summed E-state index contributed by atoms with van der Waals surface area (Å²) in [6.07, 6.45) is 7.59. The summed E-state index contributed by atoms with van der Waals surface area (Å²) >= 11 is 0. The normalized spacial score (nSPS) is 26.4. The zero-order chi connectivity index (χ0) is 14.7. The molecule has 2 aliphatic heterocycles. The SMILES string of the molecule is Cl.O=C(CC1NCCN(CC2CCC2)C1=O)N1CCCCC1. The van der Waals surface area contributed by atoms with Gasteiger partial charge >= 0.3 is 0 Å². The molecule has 0 aromatic heterocycles. The Kier molecular flexibility index (Phi) is 6.50. The summed E-state index contributed by atoms with van der Waals surface area (Å²) in [5, 5.41) is 3.24. The minimum absolute atomic E-state index is 0. The fraction of sp³-hybridized carbons (Fsp3) is 0.875. The van der Waals surface area contributed by atoms with Crippen LogP contribution in [-0.2, 0) is 9.59 Å². The summed E-state index contributed by atoms with van der Waals surface area (Å²) in [5.74, 6) is 0.982. The van der Waals surface area contributed by atoms with Crippen molar-refractivity contribution in [1.82, 2.24) is 15.1 Å². The van der Waals surface area contributed by atoms with Crippen molar-refractivity contribution in [3.63, 3.8) is 0 Å². The van der Waals surface area contributed by atoms with Crippen LogP contribution in [0.15, 0.2) is 0 Å². The second kappa shape index (κ2) is 8.16. The van der Waals surface area contributed by atoms with E-state index in [9.17, 15) is 9.59 Å². The standard InChI is InChI=1S/C16H27N3O2.ClH/c20-15(18-8-2-1-3-9-18)11-14-16(21)19(10-7-17-14)12-13-5-4-6-13;/h13-14,17H,1-12H2;1H. The van der Waals surface area contributed by atoms with E-state index in [0.29, 0.717) is 12.3 Å². The van der Waals surface area contributed by atoms with Crippen LogP contribution in [0.25, 0.3) is 0 Å². The summed E-state index contributed by atoms with van der Waals surface area (Å²) in [4.78, 5) is 28.7. The number of rotatable bonds is 4. The molecule has 2 amide bonds. The smallest absolute Gasteiger partial charge is 0.240 e. The third-order valence-electron chi connectivity index (χ3n) is 5.17. The summed E-state index contributed by atoms with van der Waals surface area (Å²) in [6, 6.07) is -0.298. The third-order valence-corrected chi connectivity index (χ3v) is 5.17. The van der Waals surface area contributed by atoms with Crippen molar-refractivity contribution in [3.8, 4) is 0 Å². The molecule has 3 rings (SSSR count). The highest BCUT2D eigenvalue weighted by Gasteiger charge is 2.33. The van der Waals surface area contributed by atoms with Crippen LogP contribution in [0.5, 0.6) is 0 Å². The fourth-order valence-corrected chi connectivity index (χ4v) is 3.57. The lowest BCUT2D eigenvalue weighted by molar-refractivity contribution is -0.142. The largest absolute Gasteiger partial charge is 0.343 e. The van der Waals surface area contributed by atoms with E-state index in [1.54, 1.807) is 0 Å². The average Bonchev–Trinajstić information content (AvgIpc) is 2.47. The second-order valence-electron chi connectivity index (χ2n) is 6.73. The van der Waals surface area contributed by atoms with Crippen molar-refractivity contribution in [2.24, 2.45) is 5.92 Å². The predicted molar refractivity (Wildman–Crippen MR) is 88.0 cm³/mol. The Bertz CT molecular complexity index is 395. The van der Waals surface area contributed by atoms with Crippen molar-refractivity contribution < 1.29 is 9.59 Å². The van der Waals surface area contributed by atoms with Gasteiger partial charge in [0.1, 0.15) is 0 Å². The van der Waals surface area contributed by atoms with Gasteiger partial charge < -0.3 is 15.1 Å². The van der Waals surface area contributed by atoms with E-state index < -0.39 is 0 Å². The van der Waals surface area contributed by atoms with Crippen LogP contribution >= 0.6 is 12.4 Å². The van der Waals surface area contributed by atoms with Crippen molar-refractivity contribution in [2.45, 2.75) is 51.0 Å². The molecule has 0 bridgehead atoms. The zero-order valence-corrected chi connectivity index (χ0v) is 14.1. The molecule has 5 nitrogen and oxygen atoms in total. The first-order chi connectivity index (χ1) is 10.2. The maximum absolute atomic E-state index is 12.5. The van der Waals surface area contributed by atoms with Gasteiger partial charge in [-0.15, -0.1) is 12.4 Å². The van der Waals surface area contributed by atoms with E-state index in [1.165, 1.54) is 25.7 Å². The molecule has 6 heteroatoms. The van der Waals surface area contributed by atoms with Crippen LogP contribution in [0.4, 0.5) is 0 Å². The van der Waals surface area contributed by atoms with E-state index in [4.69, 9.17) is 0 Å². The average molecular weight is 330 g/mol. The lowest BCUT2D eigenvalue weighted by atomic mass is 9.85. The van der Waals surface area contributed by atoms with Crippen molar-refractivity contribution >= 4 is 24.2 Å². The van der Waals surface area contributed by atoms with Crippen molar-refractivity contribution in [1.29, 1.82) is 0 Å². The Balaban J connectivity index is 0.00000176. The first-order valence-corrected chi connectivity index (χ1v) is 8.54. The third kappa shape index (κ3) is 4.13. The summed E-state index contributed by atoms with van der Waals surface area (Å²) in [7, 11) is 0. The number of nitrogens with zero attached hydrogens (tertiary/aromatic N) is 2. The van der Waals surface area contributed by atoms with Gasteiger partial charge in [-0.2, -0.15) is 0 Å². The number of carbonyl (C=O) groups excluding carboxylic acids is 2. The molecule has 0 aromatic carbocycles. The van der Waals surface area contributed by atoms with E-state index in [-0.39, 0.29) is 30.3 Å². The van der Waals surface area contributed by atoms with Gasteiger partial charge in [-0.25, -0.2) is 0 Å². The summed E-state index contributed by atoms with van der Waals surface area (Å²) in [5.41, 5.74) is 0. The summed E-state index contributed by atoms with van der Waals surface area (Å²) in [6.45, 7) is 4.24. The van der Waals surface area contributed by atoms with Gasteiger partial charge in [0.2, 0.25) is 11.8 Å². The van der Waals surface area contributed by atoms with Crippen molar-refractivity contribution in [2.75, 3.05) is 32.7 Å². The van der Waals surface area contributed by atoms with Crippen molar-refractivity contribution in [3.05, 3.63) is 0 Å². The highest BCUT2D eigenvalue weighted by Crippen LogP contribution is 2.27. The Morgan fingerprint density at radius 2 is 1.82 bits per heavy atom. The number of nitrogens with one attached hydrogen (secondary N) is 1. The van der Waals surface area contributed by atoms with E-state index in [2.05, 4.69) is 5.32 Å². The van der Waals surface area contributed by atoms with Crippen LogP contribution < -0.4 is 5.32 Å². The van der Waals surface area contributed by atoms with E-state index in [0.717, 1.165) is 45.6 Å². The molecule has 1 saturated carbocycles. The lowest BCUT2D eigenvalue weighted by Gasteiger charge is -2.38. The Morgan fingerprint density at radius 1 is 1.09 bits per heavy atom. The molecular weight excluding hydrogens is 302 g/mol. The van der Waals surface area contributed by atoms with Gasteiger partial charge in [0.15, 0.2) is 0 Å². The number of amides is 2. The molecule has 0 spiro atoms. The van der Waals surface area contributed by atoms with Gasteiger partial charge in [0.05, 0.1) is 12.5 Å². The molecule has 1 atom stereocenters. The first kappa shape index (κ1) is 17.5. The minimum atomic E-state index is -0.298. The molecule has 0 aromatic rings. The fourth-order valence-electron chi connectivity index (χ4n) is 3.57. The molecule has 1 unspecified atom stereocenters. The van der Waals surface area contributed by atoms with Gasteiger partial charge in [-0.3, -0.25) is 9.59 Å². The van der Waals surface area contributed by atoms with Gasteiger partial charge in [0, 0.05) is 32.7 Å². The van der Waals surface area contributed by atoms with Crippen LogP contribution in [-0.4, -0.2) is 60.4 Å². The molecule has 3 fully saturated rings.